The molecule has 0 aliphatic heterocycles. The van der Waals surface area contributed by atoms with Crippen LogP contribution < -0.4 is 11.1 Å². The third-order valence-electron chi connectivity index (χ3n) is 2.25. The minimum Gasteiger partial charge on any atom is -0.480 e. The zero-order chi connectivity index (χ0) is 15.5. The number of hydrogen-bond donors (Lipinski definition) is 3. The molecule has 0 saturated heterocycles. The van der Waals surface area contributed by atoms with Crippen LogP contribution in [0.4, 0.5) is 10.5 Å². The van der Waals surface area contributed by atoms with E-state index in [2.05, 4.69) is 5.32 Å². The van der Waals surface area contributed by atoms with Crippen molar-refractivity contribution in [2.24, 2.45) is 5.73 Å². The number of aliphatic carboxylic acids is 1. The van der Waals surface area contributed by atoms with Gasteiger partial charge in [0.25, 0.3) is 0 Å². The number of ether oxygens (including phenoxy) is 1. The maximum absolute atomic E-state index is 11.6. The molecule has 0 radical (unpaired) electrons. The summed E-state index contributed by atoms with van der Waals surface area (Å²) in [7, 11) is 0. The average molecular weight is 301 g/mol. The number of carbonyl (C=O) groups excluding carboxylic acids is 1. The second kappa shape index (κ2) is 6.11. The fraction of sp³-hybridized carbons (Fsp3) is 0.385. The van der Waals surface area contributed by atoms with Gasteiger partial charge in [-0.3, -0.25) is 10.1 Å². The Labute approximate surface area is 121 Å². The Morgan fingerprint density at radius 2 is 2.00 bits per heavy atom. The maximum atomic E-state index is 11.6. The smallest absolute Gasteiger partial charge is 0.412 e. The molecule has 0 bridgehead atoms. The van der Waals surface area contributed by atoms with E-state index >= 15 is 0 Å². The molecule has 0 aliphatic rings. The Hall–Kier alpha value is -1.79. The van der Waals surface area contributed by atoms with E-state index in [4.69, 9.17) is 27.2 Å². The van der Waals surface area contributed by atoms with Gasteiger partial charge in [0.2, 0.25) is 0 Å². The third kappa shape index (κ3) is 4.71. The maximum Gasteiger partial charge on any atom is 0.412 e. The van der Waals surface area contributed by atoms with Crippen molar-refractivity contribution in [2.45, 2.75) is 32.4 Å². The first-order valence-electron chi connectivity index (χ1n) is 5.88. The molecular formula is C13H17ClN2O4. The first-order chi connectivity index (χ1) is 9.10. The molecule has 0 heterocycles. The van der Waals surface area contributed by atoms with E-state index in [1.165, 1.54) is 18.2 Å². The van der Waals surface area contributed by atoms with E-state index in [0.717, 1.165) is 0 Å². The van der Waals surface area contributed by atoms with Gasteiger partial charge in [-0.05, 0) is 38.5 Å². The average Bonchev–Trinajstić information content (AvgIpc) is 2.25. The van der Waals surface area contributed by atoms with Gasteiger partial charge >= 0.3 is 12.1 Å². The van der Waals surface area contributed by atoms with Crippen molar-refractivity contribution < 1.29 is 19.4 Å². The van der Waals surface area contributed by atoms with Gasteiger partial charge in [-0.15, -0.1) is 0 Å². The summed E-state index contributed by atoms with van der Waals surface area (Å²) >= 11 is 5.95. The highest BCUT2D eigenvalue weighted by Gasteiger charge is 2.19. The van der Waals surface area contributed by atoms with Gasteiger partial charge in [0.1, 0.15) is 11.6 Å². The number of nitrogens with two attached hydrogens (primary N) is 1. The largest absolute Gasteiger partial charge is 0.480 e. The van der Waals surface area contributed by atoms with E-state index < -0.39 is 23.7 Å². The predicted octanol–water partition coefficient (Wildman–Crippen LogP) is 2.77. The third-order valence-corrected chi connectivity index (χ3v) is 2.57. The molecule has 1 atom stereocenters. The summed E-state index contributed by atoms with van der Waals surface area (Å²) in [5.74, 6) is -1.18. The summed E-state index contributed by atoms with van der Waals surface area (Å²) in [6.45, 7) is 5.23. The molecule has 1 aromatic carbocycles. The molecule has 1 unspecified atom stereocenters. The van der Waals surface area contributed by atoms with Crippen molar-refractivity contribution in [3.63, 3.8) is 0 Å². The summed E-state index contributed by atoms with van der Waals surface area (Å²) < 4.78 is 5.09. The van der Waals surface area contributed by atoms with Crippen LogP contribution in [0.15, 0.2) is 18.2 Å². The molecule has 0 spiro atoms. The van der Waals surface area contributed by atoms with Gasteiger partial charge < -0.3 is 15.6 Å². The van der Waals surface area contributed by atoms with E-state index in [-0.39, 0.29) is 10.6 Å². The van der Waals surface area contributed by atoms with Gasteiger partial charge in [0.05, 0.1) is 0 Å². The van der Waals surface area contributed by atoms with E-state index in [1.807, 2.05) is 0 Å². The lowest BCUT2D eigenvalue weighted by Crippen LogP contribution is -2.27. The van der Waals surface area contributed by atoms with Gasteiger partial charge in [-0.1, -0.05) is 17.7 Å². The quantitative estimate of drug-likeness (QED) is 0.796. The van der Waals surface area contributed by atoms with Crippen LogP contribution in [0.3, 0.4) is 0 Å². The van der Waals surface area contributed by atoms with Crippen LogP contribution in [-0.4, -0.2) is 22.8 Å². The summed E-state index contributed by atoms with van der Waals surface area (Å²) in [6, 6.07) is 3.17. The summed E-state index contributed by atoms with van der Waals surface area (Å²) in [6.07, 6.45) is -0.621. The highest BCUT2D eigenvalue weighted by Crippen LogP contribution is 2.25. The van der Waals surface area contributed by atoms with Crippen LogP contribution >= 0.6 is 11.6 Å². The molecule has 0 aliphatic carbocycles. The van der Waals surface area contributed by atoms with Crippen molar-refractivity contribution in [1.29, 1.82) is 0 Å². The summed E-state index contributed by atoms with van der Waals surface area (Å²) in [5.41, 5.74) is 5.53. The SMILES string of the molecule is CC(C)(C)OC(=O)Nc1ccc(C(N)C(=O)O)c(Cl)c1. The van der Waals surface area contributed by atoms with Crippen LogP contribution in [-0.2, 0) is 9.53 Å². The van der Waals surface area contributed by atoms with Crippen molar-refractivity contribution >= 4 is 29.4 Å². The molecule has 1 amide bonds. The molecule has 20 heavy (non-hydrogen) atoms. The normalized spacial score (nSPS) is 12.7. The van der Waals surface area contributed by atoms with Gasteiger partial charge in [-0.2, -0.15) is 0 Å². The van der Waals surface area contributed by atoms with Gasteiger partial charge in [0, 0.05) is 10.7 Å². The number of carboxylic acid groups (broad SMARTS) is 1. The Balaban J connectivity index is 2.83. The number of amides is 1. The van der Waals surface area contributed by atoms with Crippen molar-refractivity contribution in [3.8, 4) is 0 Å². The molecule has 1 rings (SSSR count). The molecule has 0 saturated carbocycles. The Morgan fingerprint density at radius 1 is 1.40 bits per heavy atom. The van der Waals surface area contributed by atoms with Crippen LogP contribution in [0.1, 0.15) is 32.4 Å². The van der Waals surface area contributed by atoms with Crippen LogP contribution in [0.5, 0.6) is 0 Å². The zero-order valence-corrected chi connectivity index (χ0v) is 12.2. The molecule has 7 heteroatoms. The summed E-state index contributed by atoms with van der Waals surface area (Å²) in [5, 5.41) is 11.5. The molecule has 0 aromatic heterocycles. The lowest BCUT2D eigenvalue weighted by Gasteiger charge is -2.20. The Kier molecular flexibility index (Phi) is 4.97. The molecule has 1 aromatic rings. The molecule has 110 valence electrons. The summed E-state index contributed by atoms with van der Waals surface area (Å²) in [4.78, 5) is 22.4. The number of benzene rings is 1. The lowest BCUT2D eigenvalue weighted by molar-refractivity contribution is -0.138. The molecular weight excluding hydrogens is 284 g/mol. The number of anilines is 1. The van der Waals surface area contributed by atoms with E-state index in [9.17, 15) is 9.59 Å². The second-order valence-electron chi connectivity index (χ2n) is 5.18. The van der Waals surface area contributed by atoms with Gasteiger partial charge in [-0.25, -0.2) is 4.79 Å². The highest BCUT2D eigenvalue weighted by atomic mass is 35.5. The number of rotatable bonds is 3. The van der Waals surface area contributed by atoms with Crippen LogP contribution in [0.25, 0.3) is 0 Å². The van der Waals surface area contributed by atoms with Crippen LogP contribution in [0, 0.1) is 0 Å². The number of nitrogens with one attached hydrogen (secondary N) is 1. The van der Waals surface area contributed by atoms with Gasteiger partial charge in [0.15, 0.2) is 0 Å². The van der Waals surface area contributed by atoms with Crippen molar-refractivity contribution in [2.75, 3.05) is 5.32 Å². The first kappa shape index (κ1) is 16.3. The van der Waals surface area contributed by atoms with Crippen LogP contribution in [0.2, 0.25) is 5.02 Å². The zero-order valence-electron chi connectivity index (χ0n) is 11.4. The molecule has 0 fully saturated rings. The molecule has 4 N–H and O–H groups in total. The number of halogens is 1. The molecule has 6 nitrogen and oxygen atoms in total. The van der Waals surface area contributed by atoms with Crippen molar-refractivity contribution in [3.05, 3.63) is 28.8 Å². The standard InChI is InChI=1S/C13H17ClN2O4/c1-13(2,3)20-12(19)16-7-4-5-8(9(14)6-7)10(15)11(17)18/h4-6,10H,15H2,1-3H3,(H,16,19)(H,17,18). The number of hydrogen-bond acceptors (Lipinski definition) is 4. The monoisotopic (exact) mass is 300 g/mol. The van der Waals surface area contributed by atoms with E-state index in [0.29, 0.717) is 5.69 Å². The highest BCUT2D eigenvalue weighted by molar-refractivity contribution is 6.32. The predicted molar refractivity (Wildman–Crippen MR) is 75.9 cm³/mol. The fourth-order valence-electron chi connectivity index (χ4n) is 1.41. The first-order valence-corrected chi connectivity index (χ1v) is 6.26. The second-order valence-corrected chi connectivity index (χ2v) is 5.59. The Bertz CT molecular complexity index is 526. The fourth-order valence-corrected chi connectivity index (χ4v) is 1.71. The minimum absolute atomic E-state index is 0.161. The minimum atomic E-state index is -1.21. The number of carbonyl (C=O) groups is 2. The number of carboxylic acids is 1. The Morgan fingerprint density at radius 3 is 2.45 bits per heavy atom. The van der Waals surface area contributed by atoms with E-state index in [1.54, 1.807) is 20.8 Å². The topological polar surface area (TPSA) is 102 Å². The lowest BCUT2D eigenvalue weighted by atomic mass is 10.1. The van der Waals surface area contributed by atoms with Crippen molar-refractivity contribution in [1.82, 2.24) is 0 Å².